The highest BCUT2D eigenvalue weighted by Gasteiger charge is 2.16. The van der Waals surface area contributed by atoms with Crippen molar-refractivity contribution in [2.24, 2.45) is 7.05 Å². The van der Waals surface area contributed by atoms with Gasteiger partial charge in [-0.3, -0.25) is 4.57 Å². The normalized spacial score (nSPS) is 11.2. The molecule has 0 radical (unpaired) electrons. The van der Waals surface area contributed by atoms with Crippen molar-refractivity contribution in [3.8, 4) is 11.4 Å². The van der Waals surface area contributed by atoms with Crippen molar-refractivity contribution >= 4 is 23.4 Å². The Balaban J connectivity index is 1.66. The largest absolute Gasteiger partial charge is 0.467 e. The Morgan fingerprint density at radius 3 is 2.69 bits per heavy atom. The summed E-state index contributed by atoms with van der Waals surface area (Å²) >= 11 is 7.61. The van der Waals surface area contributed by atoms with Crippen LogP contribution >= 0.6 is 23.4 Å². The Morgan fingerprint density at radius 1 is 1.15 bits per heavy atom. The van der Waals surface area contributed by atoms with E-state index in [4.69, 9.17) is 16.0 Å². The number of furan rings is 1. The van der Waals surface area contributed by atoms with Gasteiger partial charge < -0.3 is 8.98 Å². The fourth-order valence-electron chi connectivity index (χ4n) is 2.57. The van der Waals surface area contributed by atoms with Crippen LogP contribution in [0.3, 0.4) is 0 Å². The lowest BCUT2D eigenvalue weighted by molar-refractivity contribution is 0.485. The van der Waals surface area contributed by atoms with Gasteiger partial charge in [0.2, 0.25) is 0 Å². The van der Waals surface area contributed by atoms with Gasteiger partial charge in [-0.15, -0.1) is 10.2 Å². The molecule has 6 nitrogen and oxygen atoms in total. The summed E-state index contributed by atoms with van der Waals surface area (Å²) in [6.45, 7) is 0.556. The summed E-state index contributed by atoms with van der Waals surface area (Å²) in [5.41, 5.74) is 0.956. The van der Waals surface area contributed by atoms with Gasteiger partial charge in [0.05, 0.1) is 18.6 Å². The van der Waals surface area contributed by atoms with E-state index in [9.17, 15) is 0 Å². The van der Waals surface area contributed by atoms with Crippen molar-refractivity contribution in [3.05, 3.63) is 71.7 Å². The van der Waals surface area contributed by atoms with E-state index < -0.39 is 0 Å². The van der Waals surface area contributed by atoms with Gasteiger partial charge in [-0.2, -0.15) is 0 Å². The SMILES string of the molecule is Cn1ccnc1CSc1nnc(-c2ccc(Cl)cc2)n1Cc1ccco1. The van der Waals surface area contributed by atoms with Gasteiger partial charge in [0, 0.05) is 30.0 Å². The van der Waals surface area contributed by atoms with E-state index in [1.807, 2.05) is 54.2 Å². The molecule has 0 fully saturated rings. The second kappa shape index (κ2) is 7.39. The van der Waals surface area contributed by atoms with Crippen LogP contribution in [0.5, 0.6) is 0 Å². The van der Waals surface area contributed by atoms with Crippen LogP contribution in [0.4, 0.5) is 0 Å². The zero-order valence-corrected chi connectivity index (χ0v) is 15.6. The quantitative estimate of drug-likeness (QED) is 0.464. The summed E-state index contributed by atoms with van der Waals surface area (Å²) in [7, 11) is 1.98. The molecule has 3 heterocycles. The minimum absolute atomic E-state index is 0.556. The van der Waals surface area contributed by atoms with E-state index in [-0.39, 0.29) is 0 Å². The Morgan fingerprint density at radius 2 is 2.00 bits per heavy atom. The molecule has 0 atom stereocenters. The molecule has 3 aromatic heterocycles. The molecular formula is C18H16ClN5OS. The molecule has 0 N–H and O–H groups in total. The predicted octanol–water partition coefficient (Wildman–Crippen LogP) is 4.27. The Hall–Kier alpha value is -2.51. The standard InChI is InChI=1S/C18H16ClN5OS/c1-23-9-8-20-16(23)12-26-18-22-21-17(13-4-6-14(19)7-5-13)24(18)11-15-3-2-10-25-15/h2-10H,11-12H2,1H3. The van der Waals surface area contributed by atoms with E-state index in [0.717, 1.165) is 28.1 Å². The number of aryl methyl sites for hydroxylation is 1. The first kappa shape index (κ1) is 16.9. The Labute approximate surface area is 159 Å². The van der Waals surface area contributed by atoms with Crippen molar-refractivity contribution in [3.63, 3.8) is 0 Å². The first-order chi connectivity index (χ1) is 12.7. The molecule has 4 rings (SSSR count). The molecule has 0 saturated carbocycles. The number of halogens is 1. The highest BCUT2D eigenvalue weighted by atomic mass is 35.5. The minimum Gasteiger partial charge on any atom is -0.467 e. The highest BCUT2D eigenvalue weighted by Crippen LogP contribution is 2.27. The monoisotopic (exact) mass is 385 g/mol. The predicted molar refractivity (Wildman–Crippen MR) is 101 cm³/mol. The van der Waals surface area contributed by atoms with Crippen molar-refractivity contribution in [1.82, 2.24) is 24.3 Å². The smallest absolute Gasteiger partial charge is 0.192 e. The van der Waals surface area contributed by atoms with Crippen molar-refractivity contribution < 1.29 is 4.42 Å². The van der Waals surface area contributed by atoms with Crippen LogP contribution in [0.25, 0.3) is 11.4 Å². The molecule has 0 unspecified atom stereocenters. The van der Waals surface area contributed by atoms with Crippen LogP contribution in [-0.4, -0.2) is 24.3 Å². The summed E-state index contributed by atoms with van der Waals surface area (Å²) in [4.78, 5) is 4.36. The molecule has 0 aliphatic heterocycles. The van der Waals surface area contributed by atoms with E-state index in [0.29, 0.717) is 17.3 Å². The molecule has 0 amide bonds. The van der Waals surface area contributed by atoms with Gasteiger partial charge in [-0.05, 0) is 36.4 Å². The maximum absolute atomic E-state index is 6.01. The summed E-state index contributed by atoms with van der Waals surface area (Å²) in [6, 6.07) is 11.4. The summed E-state index contributed by atoms with van der Waals surface area (Å²) in [5, 5.41) is 10.3. The zero-order valence-electron chi connectivity index (χ0n) is 14.0. The molecule has 8 heteroatoms. The maximum atomic E-state index is 6.01. The van der Waals surface area contributed by atoms with Crippen LogP contribution < -0.4 is 0 Å². The number of benzene rings is 1. The second-order valence-corrected chi connectivity index (χ2v) is 7.10. The lowest BCUT2D eigenvalue weighted by Gasteiger charge is -2.09. The molecule has 1 aromatic carbocycles. The topological polar surface area (TPSA) is 61.7 Å². The fourth-order valence-corrected chi connectivity index (χ4v) is 3.64. The van der Waals surface area contributed by atoms with Crippen molar-refractivity contribution in [1.29, 1.82) is 0 Å². The number of thioether (sulfide) groups is 1. The lowest BCUT2D eigenvalue weighted by atomic mass is 10.2. The molecule has 0 spiro atoms. The average Bonchev–Trinajstić information content (AvgIpc) is 3.37. The van der Waals surface area contributed by atoms with Crippen LogP contribution in [-0.2, 0) is 19.3 Å². The number of aromatic nitrogens is 5. The van der Waals surface area contributed by atoms with E-state index in [2.05, 4.69) is 19.7 Å². The third-order valence-electron chi connectivity index (χ3n) is 3.96. The summed E-state index contributed by atoms with van der Waals surface area (Å²) < 4.78 is 9.57. The van der Waals surface area contributed by atoms with Crippen LogP contribution in [0, 0.1) is 0 Å². The number of hydrogen-bond acceptors (Lipinski definition) is 5. The van der Waals surface area contributed by atoms with E-state index in [1.54, 1.807) is 24.2 Å². The second-order valence-electron chi connectivity index (χ2n) is 5.72. The number of imidazole rings is 1. The van der Waals surface area contributed by atoms with Gasteiger partial charge in [0.15, 0.2) is 11.0 Å². The van der Waals surface area contributed by atoms with Crippen molar-refractivity contribution in [2.45, 2.75) is 17.5 Å². The Bertz CT molecular complexity index is 991. The third kappa shape index (κ3) is 3.54. The molecule has 26 heavy (non-hydrogen) atoms. The van der Waals surface area contributed by atoms with Crippen LogP contribution in [0.1, 0.15) is 11.6 Å². The van der Waals surface area contributed by atoms with E-state index >= 15 is 0 Å². The number of hydrogen-bond donors (Lipinski definition) is 0. The van der Waals surface area contributed by atoms with Gasteiger partial charge in [-0.1, -0.05) is 23.4 Å². The zero-order chi connectivity index (χ0) is 17.9. The highest BCUT2D eigenvalue weighted by molar-refractivity contribution is 7.98. The molecule has 132 valence electrons. The summed E-state index contributed by atoms with van der Waals surface area (Å²) in [6.07, 6.45) is 5.40. The first-order valence-electron chi connectivity index (χ1n) is 8.01. The van der Waals surface area contributed by atoms with E-state index in [1.165, 1.54) is 0 Å². The minimum atomic E-state index is 0.556. The van der Waals surface area contributed by atoms with Gasteiger partial charge in [0.1, 0.15) is 11.6 Å². The first-order valence-corrected chi connectivity index (χ1v) is 9.37. The molecule has 0 aliphatic carbocycles. The maximum Gasteiger partial charge on any atom is 0.192 e. The molecule has 0 aliphatic rings. The number of nitrogens with zero attached hydrogens (tertiary/aromatic N) is 5. The molecule has 0 bridgehead atoms. The van der Waals surface area contributed by atoms with Crippen molar-refractivity contribution in [2.75, 3.05) is 0 Å². The Kier molecular flexibility index (Phi) is 4.81. The molecule has 4 aromatic rings. The lowest BCUT2D eigenvalue weighted by Crippen LogP contribution is -2.04. The fraction of sp³-hybridized carbons (Fsp3) is 0.167. The van der Waals surface area contributed by atoms with Crippen LogP contribution in [0.2, 0.25) is 5.02 Å². The molecular weight excluding hydrogens is 370 g/mol. The van der Waals surface area contributed by atoms with Crippen LogP contribution in [0.15, 0.2) is 64.6 Å². The third-order valence-corrected chi connectivity index (χ3v) is 5.18. The average molecular weight is 386 g/mol. The summed E-state index contributed by atoms with van der Waals surface area (Å²) in [5.74, 6) is 3.32. The molecule has 0 saturated heterocycles. The van der Waals surface area contributed by atoms with Gasteiger partial charge >= 0.3 is 0 Å². The van der Waals surface area contributed by atoms with Gasteiger partial charge in [-0.25, -0.2) is 4.98 Å². The van der Waals surface area contributed by atoms with Gasteiger partial charge in [0.25, 0.3) is 0 Å². The number of rotatable bonds is 6.